The van der Waals surface area contributed by atoms with Gasteiger partial charge in [-0.15, -0.1) is 0 Å². The first-order valence-corrected chi connectivity index (χ1v) is 11.8. The van der Waals surface area contributed by atoms with E-state index in [0.29, 0.717) is 22.7 Å². The molecule has 0 aliphatic carbocycles. The van der Waals surface area contributed by atoms with E-state index in [0.717, 1.165) is 21.8 Å². The highest BCUT2D eigenvalue weighted by molar-refractivity contribution is 6.39. The van der Waals surface area contributed by atoms with Gasteiger partial charge in [-0.3, -0.25) is 14.9 Å². The van der Waals surface area contributed by atoms with Gasteiger partial charge in [0.2, 0.25) is 0 Å². The Labute approximate surface area is 219 Å². The van der Waals surface area contributed by atoms with E-state index in [1.807, 2.05) is 44.2 Å². The zero-order chi connectivity index (χ0) is 26.5. The van der Waals surface area contributed by atoms with Crippen molar-refractivity contribution >= 4 is 41.2 Å². The summed E-state index contributed by atoms with van der Waals surface area (Å²) in [5.41, 5.74) is 2.55. The van der Waals surface area contributed by atoms with Crippen LogP contribution >= 0.6 is 11.6 Å². The number of hydrogen-bond donors (Lipinski definition) is 1. The van der Waals surface area contributed by atoms with E-state index in [1.54, 1.807) is 30.3 Å². The number of rotatable bonds is 8. The summed E-state index contributed by atoms with van der Waals surface area (Å²) in [7, 11) is 1.45. The average molecular weight is 521 g/mol. The molecule has 3 aromatic carbocycles. The quantitative estimate of drug-likeness (QED) is 0.252. The maximum atomic E-state index is 13.2. The molecule has 4 rings (SSSR count). The molecule has 1 aliphatic rings. The number of aryl methyl sites for hydroxylation is 2. The predicted molar refractivity (Wildman–Crippen MR) is 140 cm³/mol. The summed E-state index contributed by atoms with van der Waals surface area (Å²) in [5, 5.41) is 2.43. The zero-order valence-corrected chi connectivity index (χ0v) is 21.3. The summed E-state index contributed by atoms with van der Waals surface area (Å²) in [6, 6.07) is 16.8. The Kier molecular flexibility index (Phi) is 7.79. The van der Waals surface area contributed by atoms with Crippen LogP contribution in [0, 0.1) is 13.8 Å². The summed E-state index contributed by atoms with van der Waals surface area (Å²) in [6.45, 7) is 4.33. The number of benzene rings is 3. The predicted octanol–water partition coefficient (Wildman–Crippen LogP) is 5.09. The Morgan fingerprint density at radius 1 is 0.919 bits per heavy atom. The van der Waals surface area contributed by atoms with Crippen molar-refractivity contribution in [3.8, 4) is 17.2 Å². The topological polar surface area (TPSA) is 94.2 Å². The molecule has 3 aromatic rings. The van der Waals surface area contributed by atoms with Crippen molar-refractivity contribution in [3.05, 3.63) is 87.9 Å². The van der Waals surface area contributed by atoms with Gasteiger partial charge in [-0.1, -0.05) is 41.4 Å². The van der Waals surface area contributed by atoms with Gasteiger partial charge in [-0.2, -0.15) is 0 Å². The van der Waals surface area contributed by atoms with Crippen LogP contribution in [-0.2, 0) is 9.59 Å². The van der Waals surface area contributed by atoms with Gasteiger partial charge in [-0.05, 0) is 67.4 Å². The van der Waals surface area contributed by atoms with Crippen LogP contribution in [0.3, 0.4) is 0 Å². The lowest BCUT2D eigenvalue weighted by Gasteiger charge is -2.26. The minimum Gasteiger partial charge on any atom is -0.493 e. The number of halogens is 1. The number of nitrogens with one attached hydrogen (secondary N) is 1. The van der Waals surface area contributed by atoms with Crippen molar-refractivity contribution in [1.82, 2.24) is 5.32 Å². The van der Waals surface area contributed by atoms with Gasteiger partial charge in [0.05, 0.1) is 17.8 Å². The van der Waals surface area contributed by atoms with Crippen LogP contribution in [0.15, 0.2) is 66.2 Å². The monoisotopic (exact) mass is 520 g/mol. The summed E-state index contributed by atoms with van der Waals surface area (Å²) >= 11 is 6.46. The van der Waals surface area contributed by atoms with E-state index >= 15 is 0 Å². The van der Waals surface area contributed by atoms with Crippen LogP contribution in [-0.4, -0.2) is 38.2 Å². The van der Waals surface area contributed by atoms with Crippen LogP contribution in [0.1, 0.15) is 16.7 Å². The van der Waals surface area contributed by atoms with E-state index in [4.69, 9.17) is 25.8 Å². The molecule has 1 fully saturated rings. The Hall–Kier alpha value is -4.30. The normalized spacial score (nSPS) is 14.5. The van der Waals surface area contributed by atoms with Crippen molar-refractivity contribution in [3.63, 3.8) is 0 Å². The first-order chi connectivity index (χ1) is 17.8. The number of hydrogen-bond acceptors (Lipinski definition) is 6. The smallest absolute Gasteiger partial charge is 0.335 e. The second-order valence-electron chi connectivity index (χ2n) is 8.34. The van der Waals surface area contributed by atoms with E-state index in [2.05, 4.69) is 5.32 Å². The van der Waals surface area contributed by atoms with Crippen LogP contribution in [0.2, 0.25) is 5.02 Å². The fourth-order valence-electron chi connectivity index (χ4n) is 3.73. The second kappa shape index (κ2) is 11.2. The second-order valence-corrected chi connectivity index (χ2v) is 8.75. The number of barbiturate groups is 1. The minimum absolute atomic E-state index is 0.207. The third-order valence-corrected chi connectivity index (χ3v) is 5.82. The summed E-state index contributed by atoms with van der Waals surface area (Å²) in [4.78, 5) is 39.0. The number of methoxy groups -OCH3 is 1. The van der Waals surface area contributed by atoms with Gasteiger partial charge in [0, 0.05) is 0 Å². The molecule has 37 heavy (non-hydrogen) atoms. The highest BCUT2D eigenvalue weighted by atomic mass is 35.5. The summed E-state index contributed by atoms with van der Waals surface area (Å²) in [5.74, 6) is -0.215. The molecular formula is C28H25ClN2O6. The van der Waals surface area contributed by atoms with Crippen LogP contribution < -0.4 is 24.4 Å². The van der Waals surface area contributed by atoms with E-state index in [1.165, 1.54) is 13.2 Å². The summed E-state index contributed by atoms with van der Waals surface area (Å²) < 4.78 is 16.9. The third kappa shape index (κ3) is 5.92. The van der Waals surface area contributed by atoms with Gasteiger partial charge in [0.15, 0.2) is 11.5 Å². The van der Waals surface area contributed by atoms with Gasteiger partial charge in [0.25, 0.3) is 11.8 Å². The van der Waals surface area contributed by atoms with E-state index < -0.39 is 17.8 Å². The van der Waals surface area contributed by atoms with Crippen LogP contribution in [0.5, 0.6) is 17.2 Å². The minimum atomic E-state index is -0.815. The lowest BCUT2D eigenvalue weighted by Crippen LogP contribution is -2.54. The number of carbonyl (C=O) groups excluding carboxylic acids is 3. The molecule has 4 amide bonds. The third-order valence-electron chi connectivity index (χ3n) is 5.54. The lowest BCUT2D eigenvalue weighted by atomic mass is 10.1. The van der Waals surface area contributed by atoms with Gasteiger partial charge < -0.3 is 14.2 Å². The van der Waals surface area contributed by atoms with Crippen molar-refractivity contribution in [2.75, 3.05) is 25.2 Å². The number of amides is 4. The molecule has 9 heteroatoms. The molecule has 190 valence electrons. The number of anilines is 1. The van der Waals surface area contributed by atoms with Crippen molar-refractivity contribution in [2.24, 2.45) is 0 Å². The van der Waals surface area contributed by atoms with E-state index in [-0.39, 0.29) is 23.8 Å². The van der Waals surface area contributed by atoms with Crippen LogP contribution in [0.4, 0.5) is 10.5 Å². The molecule has 0 atom stereocenters. The molecular weight excluding hydrogens is 496 g/mol. The molecule has 0 aromatic heterocycles. The molecule has 1 N–H and O–H groups in total. The number of ether oxygens (including phenoxy) is 3. The molecule has 1 saturated heterocycles. The van der Waals surface area contributed by atoms with Crippen LogP contribution in [0.25, 0.3) is 6.08 Å². The van der Waals surface area contributed by atoms with Crippen molar-refractivity contribution < 1.29 is 28.6 Å². The van der Waals surface area contributed by atoms with E-state index in [9.17, 15) is 14.4 Å². The maximum Gasteiger partial charge on any atom is 0.335 e. The number of nitrogens with zero attached hydrogens (tertiary/aromatic N) is 1. The Morgan fingerprint density at radius 3 is 2.35 bits per heavy atom. The standard InChI is InChI=1S/C28H25ClN2O6/c1-17-7-9-21(10-8-17)36-11-12-37-25-23(29)15-19(16-24(25)35-3)14-22-26(32)30-28(34)31(27(22)33)20-6-4-5-18(2)13-20/h4-10,13-16H,11-12H2,1-3H3,(H,30,32,34)/b22-14+. The number of carbonyl (C=O) groups is 3. The van der Waals surface area contributed by atoms with Gasteiger partial charge in [0.1, 0.15) is 24.5 Å². The summed E-state index contributed by atoms with van der Waals surface area (Å²) in [6.07, 6.45) is 1.35. The largest absolute Gasteiger partial charge is 0.493 e. The Bertz CT molecular complexity index is 1380. The SMILES string of the molecule is COc1cc(/C=C2\C(=O)NC(=O)N(c3cccc(C)c3)C2=O)cc(Cl)c1OCCOc1ccc(C)cc1. The fraction of sp³-hybridized carbons (Fsp3) is 0.179. The molecule has 0 radical (unpaired) electrons. The van der Waals surface area contributed by atoms with Crippen molar-refractivity contribution in [1.29, 1.82) is 0 Å². The highest BCUT2D eigenvalue weighted by Crippen LogP contribution is 2.37. The van der Waals surface area contributed by atoms with Crippen molar-refractivity contribution in [2.45, 2.75) is 13.8 Å². The molecule has 0 spiro atoms. The Balaban J connectivity index is 1.53. The highest BCUT2D eigenvalue weighted by Gasteiger charge is 2.36. The molecule has 0 saturated carbocycles. The number of imide groups is 2. The van der Waals surface area contributed by atoms with Gasteiger partial charge >= 0.3 is 6.03 Å². The van der Waals surface area contributed by atoms with Gasteiger partial charge in [-0.25, -0.2) is 9.69 Å². The molecule has 8 nitrogen and oxygen atoms in total. The number of urea groups is 1. The fourth-order valence-corrected chi connectivity index (χ4v) is 4.00. The molecule has 1 heterocycles. The first-order valence-electron chi connectivity index (χ1n) is 11.4. The Morgan fingerprint density at radius 2 is 1.65 bits per heavy atom. The zero-order valence-electron chi connectivity index (χ0n) is 20.5. The first kappa shape index (κ1) is 25.8. The molecule has 1 aliphatic heterocycles. The molecule has 0 unspecified atom stereocenters. The maximum absolute atomic E-state index is 13.2. The lowest BCUT2D eigenvalue weighted by molar-refractivity contribution is -0.122. The molecule has 0 bridgehead atoms. The average Bonchev–Trinajstić information content (AvgIpc) is 2.86.